The minimum absolute atomic E-state index is 0.467. The van der Waals surface area contributed by atoms with Crippen molar-refractivity contribution >= 4 is 22.9 Å². The SMILES string of the molecule is CNC(CCc1ccco1)Cc1ccc(Cl)s1. The van der Waals surface area contributed by atoms with Crippen LogP contribution in [0.1, 0.15) is 17.1 Å². The van der Waals surface area contributed by atoms with E-state index in [2.05, 4.69) is 11.4 Å². The maximum atomic E-state index is 5.93. The number of furan rings is 1. The highest BCUT2D eigenvalue weighted by atomic mass is 35.5. The molecule has 4 heteroatoms. The second-order valence-electron chi connectivity index (χ2n) is 4.01. The summed E-state index contributed by atoms with van der Waals surface area (Å²) in [5.74, 6) is 1.05. The summed E-state index contributed by atoms with van der Waals surface area (Å²) in [6.45, 7) is 0. The molecule has 1 N–H and O–H groups in total. The number of likely N-dealkylation sites (N-methyl/N-ethyl adjacent to an activating group) is 1. The Morgan fingerprint density at radius 1 is 1.41 bits per heavy atom. The Hall–Kier alpha value is -0.770. The van der Waals surface area contributed by atoms with E-state index in [9.17, 15) is 0 Å². The van der Waals surface area contributed by atoms with Gasteiger partial charge in [0.2, 0.25) is 0 Å². The Balaban J connectivity index is 1.84. The first-order valence-corrected chi connectivity index (χ1v) is 6.91. The standard InChI is InChI=1S/C13H16ClNOS/c1-15-10(4-5-11-3-2-8-16-11)9-12-6-7-13(14)17-12/h2-3,6-8,10,15H,4-5,9H2,1H3. The molecule has 0 aromatic carbocycles. The van der Waals surface area contributed by atoms with Crippen LogP contribution in [-0.2, 0) is 12.8 Å². The van der Waals surface area contributed by atoms with Crippen molar-refractivity contribution in [3.63, 3.8) is 0 Å². The highest BCUT2D eigenvalue weighted by Gasteiger charge is 2.10. The van der Waals surface area contributed by atoms with Crippen LogP contribution in [0, 0.1) is 0 Å². The molecule has 92 valence electrons. The van der Waals surface area contributed by atoms with Gasteiger partial charge in [0.05, 0.1) is 10.6 Å². The van der Waals surface area contributed by atoms with E-state index < -0.39 is 0 Å². The molecule has 0 aliphatic rings. The number of aryl methyl sites for hydroxylation is 1. The normalized spacial score (nSPS) is 12.8. The summed E-state index contributed by atoms with van der Waals surface area (Å²) in [5.41, 5.74) is 0. The van der Waals surface area contributed by atoms with Crippen molar-refractivity contribution in [3.8, 4) is 0 Å². The van der Waals surface area contributed by atoms with E-state index in [-0.39, 0.29) is 0 Å². The van der Waals surface area contributed by atoms with Crippen molar-refractivity contribution < 1.29 is 4.42 Å². The molecule has 0 saturated heterocycles. The molecule has 0 saturated carbocycles. The van der Waals surface area contributed by atoms with Crippen molar-refractivity contribution in [2.75, 3.05) is 7.05 Å². The van der Waals surface area contributed by atoms with Gasteiger partial charge in [-0.3, -0.25) is 0 Å². The molecular formula is C13H16ClNOS. The van der Waals surface area contributed by atoms with E-state index >= 15 is 0 Å². The molecule has 0 bridgehead atoms. The van der Waals surface area contributed by atoms with E-state index in [4.69, 9.17) is 16.0 Å². The van der Waals surface area contributed by atoms with Crippen LogP contribution < -0.4 is 5.32 Å². The smallest absolute Gasteiger partial charge is 0.103 e. The fourth-order valence-electron chi connectivity index (χ4n) is 1.82. The third-order valence-corrected chi connectivity index (χ3v) is 4.06. The van der Waals surface area contributed by atoms with E-state index in [1.165, 1.54) is 4.88 Å². The van der Waals surface area contributed by atoms with Crippen molar-refractivity contribution in [2.45, 2.75) is 25.3 Å². The topological polar surface area (TPSA) is 25.2 Å². The van der Waals surface area contributed by atoms with Crippen molar-refractivity contribution in [3.05, 3.63) is 45.5 Å². The molecule has 1 unspecified atom stereocenters. The molecule has 0 spiro atoms. The van der Waals surface area contributed by atoms with Crippen LogP contribution in [0.15, 0.2) is 34.9 Å². The monoisotopic (exact) mass is 269 g/mol. The number of hydrogen-bond donors (Lipinski definition) is 1. The van der Waals surface area contributed by atoms with Crippen LogP contribution in [0.3, 0.4) is 0 Å². The molecule has 0 fully saturated rings. The van der Waals surface area contributed by atoms with Gasteiger partial charge in [0.25, 0.3) is 0 Å². The fourth-order valence-corrected chi connectivity index (χ4v) is 2.99. The molecule has 2 aromatic rings. The molecule has 0 radical (unpaired) electrons. The van der Waals surface area contributed by atoms with Gasteiger partial charge in [0.15, 0.2) is 0 Å². The van der Waals surface area contributed by atoms with Gasteiger partial charge in [-0.25, -0.2) is 0 Å². The summed E-state index contributed by atoms with van der Waals surface area (Å²) in [7, 11) is 2.00. The minimum atomic E-state index is 0.467. The third kappa shape index (κ3) is 3.87. The average Bonchev–Trinajstić information content (AvgIpc) is 2.96. The molecule has 2 rings (SSSR count). The zero-order valence-corrected chi connectivity index (χ0v) is 11.4. The third-order valence-electron chi connectivity index (χ3n) is 2.80. The lowest BCUT2D eigenvalue weighted by atomic mass is 10.1. The highest BCUT2D eigenvalue weighted by Crippen LogP contribution is 2.23. The number of thiophene rings is 1. The van der Waals surface area contributed by atoms with E-state index in [1.807, 2.05) is 25.2 Å². The van der Waals surface area contributed by atoms with E-state index in [1.54, 1.807) is 17.6 Å². The van der Waals surface area contributed by atoms with Gasteiger partial charge in [-0.15, -0.1) is 11.3 Å². The highest BCUT2D eigenvalue weighted by molar-refractivity contribution is 7.16. The van der Waals surface area contributed by atoms with Crippen LogP contribution in [0.5, 0.6) is 0 Å². The molecule has 2 aromatic heterocycles. The largest absolute Gasteiger partial charge is 0.469 e. The predicted octanol–water partition coefficient (Wildman–Crippen LogP) is 3.76. The lowest BCUT2D eigenvalue weighted by molar-refractivity contribution is 0.461. The molecule has 0 aliphatic heterocycles. The zero-order valence-electron chi connectivity index (χ0n) is 9.78. The lowest BCUT2D eigenvalue weighted by Gasteiger charge is -2.14. The molecule has 17 heavy (non-hydrogen) atoms. The summed E-state index contributed by atoms with van der Waals surface area (Å²) in [6.07, 6.45) is 4.79. The Bertz CT molecular complexity index is 438. The van der Waals surface area contributed by atoms with E-state index in [0.29, 0.717) is 6.04 Å². The van der Waals surface area contributed by atoms with Crippen molar-refractivity contribution in [2.24, 2.45) is 0 Å². The van der Waals surface area contributed by atoms with Gasteiger partial charge in [0, 0.05) is 17.3 Å². The van der Waals surface area contributed by atoms with Crippen LogP contribution in [0.4, 0.5) is 0 Å². The van der Waals surface area contributed by atoms with Gasteiger partial charge in [-0.1, -0.05) is 11.6 Å². The summed E-state index contributed by atoms with van der Waals surface area (Å²) in [5, 5.41) is 3.34. The molecule has 1 atom stereocenters. The van der Waals surface area contributed by atoms with Crippen molar-refractivity contribution in [1.29, 1.82) is 0 Å². The van der Waals surface area contributed by atoms with E-state index in [0.717, 1.165) is 29.4 Å². The predicted molar refractivity (Wildman–Crippen MR) is 72.9 cm³/mol. The second-order valence-corrected chi connectivity index (χ2v) is 5.81. The molecule has 2 heterocycles. The van der Waals surface area contributed by atoms with Crippen LogP contribution in [0.2, 0.25) is 4.34 Å². The summed E-state index contributed by atoms with van der Waals surface area (Å²) in [6, 6.07) is 8.48. The lowest BCUT2D eigenvalue weighted by Crippen LogP contribution is -2.27. The first-order valence-electron chi connectivity index (χ1n) is 5.72. The minimum Gasteiger partial charge on any atom is -0.469 e. The fraction of sp³-hybridized carbons (Fsp3) is 0.385. The Morgan fingerprint density at radius 2 is 2.29 bits per heavy atom. The molecule has 0 aliphatic carbocycles. The molecule has 0 amide bonds. The van der Waals surface area contributed by atoms with Gasteiger partial charge in [-0.05, 0) is 44.2 Å². The van der Waals surface area contributed by atoms with Crippen LogP contribution >= 0.6 is 22.9 Å². The summed E-state index contributed by atoms with van der Waals surface area (Å²) in [4.78, 5) is 1.33. The number of halogens is 1. The van der Waals surface area contributed by atoms with Gasteiger partial charge in [-0.2, -0.15) is 0 Å². The molecular weight excluding hydrogens is 254 g/mol. The Morgan fingerprint density at radius 3 is 2.88 bits per heavy atom. The maximum Gasteiger partial charge on any atom is 0.103 e. The first kappa shape index (κ1) is 12.7. The van der Waals surface area contributed by atoms with Crippen LogP contribution in [-0.4, -0.2) is 13.1 Å². The van der Waals surface area contributed by atoms with Gasteiger partial charge >= 0.3 is 0 Å². The number of rotatable bonds is 6. The van der Waals surface area contributed by atoms with Crippen molar-refractivity contribution in [1.82, 2.24) is 5.32 Å². The molecule has 2 nitrogen and oxygen atoms in total. The first-order chi connectivity index (χ1) is 8.28. The van der Waals surface area contributed by atoms with Crippen LogP contribution in [0.25, 0.3) is 0 Å². The Kier molecular flexibility index (Phi) is 4.66. The quantitative estimate of drug-likeness (QED) is 0.864. The maximum absolute atomic E-state index is 5.93. The van der Waals surface area contributed by atoms with Gasteiger partial charge < -0.3 is 9.73 Å². The Labute approximate surface area is 111 Å². The van der Waals surface area contributed by atoms with Gasteiger partial charge in [0.1, 0.15) is 5.76 Å². The second kappa shape index (κ2) is 6.24. The summed E-state index contributed by atoms with van der Waals surface area (Å²) >= 11 is 7.59. The zero-order chi connectivity index (χ0) is 12.1. The number of nitrogens with one attached hydrogen (secondary N) is 1. The number of hydrogen-bond acceptors (Lipinski definition) is 3. The average molecular weight is 270 g/mol. The summed E-state index contributed by atoms with van der Waals surface area (Å²) < 4.78 is 6.20.